The van der Waals surface area contributed by atoms with E-state index in [1.54, 1.807) is 6.20 Å². The van der Waals surface area contributed by atoms with E-state index >= 15 is 0 Å². The number of nitrogens with one attached hydrogen (secondary N) is 1. The minimum atomic E-state index is 0.195. The first kappa shape index (κ1) is 16.2. The van der Waals surface area contributed by atoms with Gasteiger partial charge in [-0.3, -0.25) is 4.98 Å². The Morgan fingerprint density at radius 2 is 2.10 bits per heavy atom. The minimum absolute atomic E-state index is 0.195. The molecule has 1 N–H and O–H groups in total. The number of nitrogens with zero attached hydrogens (tertiary/aromatic N) is 1. The maximum Gasteiger partial charge on any atom is 0.137 e. The number of rotatable bonds is 10. The van der Waals surface area contributed by atoms with Crippen LogP contribution in [0.15, 0.2) is 18.5 Å². The summed E-state index contributed by atoms with van der Waals surface area (Å²) >= 11 is 0. The summed E-state index contributed by atoms with van der Waals surface area (Å²) in [7, 11) is 1.81. The van der Waals surface area contributed by atoms with Gasteiger partial charge in [0, 0.05) is 13.3 Å². The van der Waals surface area contributed by atoms with Gasteiger partial charge in [0.05, 0.1) is 24.9 Å². The van der Waals surface area contributed by atoms with Crippen LogP contribution in [0.4, 0.5) is 0 Å². The number of aromatic nitrogens is 1. The molecule has 21 heavy (non-hydrogen) atoms. The first-order valence-electron chi connectivity index (χ1n) is 8.14. The molecule has 1 aliphatic rings. The minimum Gasteiger partial charge on any atom is -0.492 e. The summed E-state index contributed by atoms with van der Waals surface area (Å²) < 4.78 is 11.5. The van der Waals surface area contributed by atoms with Gasteiger partial charge in [0.15, 0.2) is 0 Å². The van der Waals surface area contributed by atoms with E-state index in [1.165, 1.54) is 12.8 Å². The molecule has 1 heterocycles. The number of hydrogen-bond donors (Lipinski definition) is 1. The summed E-state index contributed by atoms with van der Waals surface area (Å²) in [6.45, 7) is 6.00. The number of ether oxygens (including phenoxy) is 2. The van der Waals surface area contributed by atoms with Gasteiger partial charge < -0.3 is 14.8 Å². The fourth-order valence-electron chi connectivity index (χ4n) is 2.65. The quantitative estimate of drug-likeness (QED) is 0.718. The summed E-state index contributed by atoms with van der Waals surface area (Å²) in [6, 6.07) is 2.30. The zero-order chi connectivity index (χ0) is 15.1. The molecule has 2 rings (SSSR count). The summed E-state index contributed by atoms with van der Waals surface area (Å²) in [6.07, 6.45) is 8.58. The van der Waals surface area contributed by atoms with Crippen LogP contribution in [-0.4, -0.2) is 31.3 Å². The third kappa shape index (κ3) is 4.68. The predicted molar refractivity (Wildman–Crippen MR) is 84.6 cm³/mol. The molecule has 4 nitrogen and oxygen atoms in total. The highest BCUT2D eigenvalue weighted by atomic mass is 16.5. The second-order valence-electron chi connectivity index (χ2n) is 5.77. The van der Waals surface area contributed by atoms with Crippen molar-refractivity contribution in [2.45, 2.75) is 51.7 Å². The molecule has 1 aromatic rings. The van der Waals surface area contributed by atoms with Crippen molar-refractivity contribution in [3.05, 3.63) is 24.0 Å². The summed E-state index contributed by atoms with van der Waals surface area (Å²) in [5.41, 5.74) is 1.16. The van der Waals surface area contributed by atoms with Crippen LogP contribution in [0.25, 0.3) is 0 Å². The molecule has 0 aliphatic heterocycles. The van der Waals surface area contributed by atoms with E-state index in [0.717, 1.165) is 37.3 Å². The zero-order valence-electron chi connectivity index (χ0n) is 13.5. The average Bonchev–Trinajstić information content (AvgIpc) is 3.34. The lowest BCUT2D eigenvalue weighted by Crippen LogP contribution is -2.35. The van der Waals surface area contributed by atoms with Gasteiger partial charge >= 0.3 is 0 Å². The first-order valence-corrected chi connectivity index (χ1v) is 8.14. The second kappa shape index (κ2) is 8.35. The zero-order valence-corrected chi connectivity index (χ0v) is 13.5. The molecule has 1 fully saturated rings. The topological polar surface area (TPSA) is 43.4 Å². The molecule has 4 heteroatoms. The van der Waals surface area contributed by atoms with Gasteiger partial charge in [-0.25, -0.2) is 0 Å². The fourth-order valence-corrected chi connectivity index (χ4v) is 2.65. The van der Waals surface area contributed by atoms with E-state index in [9.17, 15) is 0 Å². The second-order valence-corrected chi connectivity index (χ2v) is 5.77. The standard InChI is InChI=1S/C17H28N2O2/c1-4-8-19-16(17(20-3)13-6-7-13)14-10-15(12-18-11-14)21-9-5-2/h10-13,16-17,19H,4-9H2,1-3H3. The van der Waals surface area contributed by atoms with Gasteiger partial charge in [0.25, 0.3) is 0 Å². The van der Waals surface area contributed by atoms with E-state index in [4.69, 9.17) is 9.47 Å². The lowest BCUT2D eigenvalue weighted by atomic mass is 9.99. The van der Waals surface area contributed by atoms with Crippen molar-refractivity contribution in [1.82, 2.24) is 10.3 Å². The first-order chi connectivity index (χ1) is 10.3. The van der Waals surface area contributed by atoms with Crippen molar-refractivity contribution in [2.24, 2.45) is 5.92 Å². The van der Waals surface area contributed by atoms with Crippen LogP contribution < -0.4 is 10.1 Å². The van der Waals surface area contributed by atoms with Gasteiger partial charge in [-0.2, -0.15) is 0 Å². The Kier molecular flexibility index (Phi) is 6.46. The van der Waals surface area contributed by atoms with Crippen LogP contribution in [0, 0.1) is 5.92 Å². The summed E-state index contributed by atoms with van der Waals surface area (Å²) in [5, 5.41) is 3.62. The maximum absolute atomic E-state index is 5.78. The monoisotopic (exact) mass is 292 g/mol. The predicted octanol–water partition coefficient (Wildman–Crippen LogP) is 3.34. The van der Waals surface area contributed by atoms with E-state index < -0.39 is 0 Å². The van der Waals surface area contributed by atoms with E-state index in [1.807, 2.05) is 13.3 Å². The lowest BCUT2D eigenvalue weighted by molar-refractivity contribution is 0.0505. The summed E-state index contributed by atoms with van der Waals surface area (Å²) in [5.74, 6) is 1.52. The van der Waals surface area contributed by atoms with Gasteiger partial charge in [-0.05, 0) is 49.8 Å². The van der Waals surface area contributed by atoms with Crippen molar-refractivity contribution in [2.75, 3.05) is 20.3 Å². The van der Waals surface area contributed by atoms with Gasteiger partial charge in [-0.1, -0.05) is 13.8 Å². The Balaban J connectivity index is 2.14. The highest BCUT2D eigenvalue weighted by Crippen LogP contribution is 2.40. The lowest BCUT2D eigenvalue weighted by Gasteiger charge is -2.27. The van der Waals surface area contributed by atoms with Crippen LogP contribution in [0.5, 0.6) is 5.75 Å². The SMILES string of the molecule is CCCNC(c1cncc(OCCC)c1)C(OC)C1CC1. The molecule has 0 amide bonds. The average molecular weight is 292 g/mol. The molecule has 0 bridgehead atoms. The number of methoxy groups -OCH3 is 1. The third-order valence-corrected chi connectivity index (χ3v) is 3.87. The molecule has 1 saturated carbocycles. The van der Waals surface area contributed by atoms with Gasteiger partial charge in [-0.15, -0.1) is 0 Å². The Morgan fingerprint density at radius 3 is 2.71 bits per heavy atom. The molecular formula is C17H28N2O2. The Hall–Kier alpha value is -1.13. The van der Waals surface area contributed by atoms with E-state index in [2.05, 4.69) is 30.2 Å². The molecule has 0 radical (unpaired) electrons. The smallest absolute Gasteiger partial charge is 0.137 e. The Labute approximate surface area is 128 Å². The van der Waals surface area contributed by atoms with Crippen LogP contribution in [-0.2, 0) is 4.74 Å². The van der Waals surface area contributed by atoms with Crippen LogP contribution in [0.3, 0.4) is 0 Å². The molecule has 118 valence electrons. The maximum atomic E-state index is 5.78. The van der Waals surface area contributed by atoms with Crippen LogP contribution >= 0.6 is 0 Å². The third-order valence-electron chi connectivity index (χ3n) is 3.87. The van der Waals surface area contributed by atoms with Gasteiger partial charge in [0.1, 0.15) is 5.75 Å². The molecule has 0 aromatic carbocycles. The van der Waals surface area contributed by atoms with Crippen LogP contribution in [0.1, 0.15) is 51.1 Å². The van der Waals surface area contributed by atoms with Gasteiger partial charge in [0.2, 0.25) is 0 Å². The normalized spacial score (nSPS) is 17.5. The van der Waals surface area contributed by atoms with Crippen molar-refractivity contribution in [1.29, 1.82) is 0 Å². The molecular weight excluding hydrogens is 264 g/mol. The highest BCUT2D eigenvalue weighted by molar-refractivity contribution is 5.27. The molecule has 0 spiro atoms. The number of hydrogen-bond acceptors (Lipinski definition) is 4. The van der Waals surface area contributed by atoms with E-state index in [0.29, 0.717) is 5.92 Å². The molecule has 0 saturated heterocycles. The molecule has 2 atom stereocenters. The summed E-state index contributed by atoms with van der Waals surface area (Å²) in [4.78, 5) is 4.34. The molecule has 1 aromatic heterocycles. The Morgan fingerprint density at radius 1 is 1.29 bits per heavy atom. The van der Waals surface area contributed by atoms with Crippen molar-refractivity contribution in [3.63, 3.8) is 0 Å². The van der Waals surface area contributed by atoms with Crippen molar-refractivity contribution >= 4 is 0 Å². The largest absolute Gasteiger partial charge is 0.492 e. The van der Waals surface area contributed by atoms with Crippen LogP contribution in [0.2, 0.25) is 0 Å². The van der Waals surface area contributed by atoms with E-state index in [-0.39, 0.29) is 12.1 Å². The Bertz CT molecular complexity index is 421. The molecule has 2 unspecified atom stereocenters. The number of pyridine rings is 1. The van der Waals surface area contributed by atoms with Crippen molar-refractivity contribution < 1.29 is 9.47 Å². The molecule has 1 aliphatic carbocycles. The highest BCUT2D eigenvalue weighted by Gasteiger charge is 2.37. The fraction of sp³-hybridized carbons (Fsp3) is 0.706. The van der Waals surface area contributed by atoms with Crippen molar-refractivity contribution in [3.8, 4) is 5.75 Å².